The van der Waals surface area contributed by atoms with Crippen molar-refractivity contribution in [1.29, 1.82) is 0 Å². The van der Waals surface area contributed by atoms with E-state index in [1.807, 2.05) is 54.6 Å². The topological polar surface area (TPSA) is 286 Å². The third-order valence-electron chi connectivity index (χ3n) is 13.1. The number of carboxylic acids is 4. The first-order valence-corrected chi connectivity index (χ1v) is 24.4. The number of carboxylic acid groups (broad SMARTS) is 4. The number of carbonyl (C=O) groups is 4. The van der Waals surface area contributed by atoms with E-state index in [2.05, 4.69) is 32.9 Å². The van der Waals surface area contributed by atoms with Crippen LogP contribution in [0.2, 0.25) is 0 Å². The van der Waals surface area contributed by atoms with E-state index >= 15 is 0 Å². The van der Waals surface area contributed by atoms with Crippen LogP contribution >= 0.6 is 0 Å². The van der Waals surface area contributed by atoms with Gasteiger partial charge in [-0.15, -0.1) is 0 Å². The fourth-order valence-corrected chi connectivity index (χ4v) is 9.26. The Kier molecular flexibility index (Phi) is 13.1. The van der Waals surface area contributed by atoms with E-state index < -0.39 is 23.9 Å². The van der Waals surface area contributed by atoms with Gasteiger partial charge in [0, 0.05) is 49.4 Å². The summed E-state index contributed by atoms with van der Waals surface area (Å²) in [6.07, 6.45) is 0. The summed E-state index contributed by atoms with van der Waals surface area (Å²) in [5.41, 5.74) is 4.84. The summed E-state index contributed by atoms with van der Waals surface area (Å²) in [5, 5.41) is 51.4. The molecule has 0 atom stereocenters. The van der Waals surface area contributed by atoms with Crippen molar-refractivity contribution < 1.29 is 78.1 Å². The molecule has 0 radical (unpaired) electrons. The van der Waals surface area contributed by atoms with Crippen LogP contribution in [0.15, 0.2) is 140 Å². The van der Waals surface area contributed by atoms with Gasteiger partial charge < -0.3 is 59.6 Å². The average Bonchev–Trinajstić information content (AvgIpc) is 4.24. The molecule has 0 amide bonds. The largest absolute Gasteiger partial charge is 2.00 e. The predicted octanol–water partition coefficient (Wildman–Crippen LogP) is 9.78. The first kappa shape index (κ1) is 51.8. The minimum atomic E-state index is -1.35. The summed E-state index contributed by atoms with van der Waals surface area (Å²) < 4.78 is 18.5. The Morgan fingerprint density at radius 1 is 0.463 bits per heavy atom. The Morgan fingerprint density at radius 3 is 1.48 bits per heavy atom. The third kappa shape index (κ3) is 9.99. The Bertz CT molecular complexity index is 4300. The molecule has 2 aliphatic heterocycles. The van der Waals surface area contributed by atoms with E-state index in [9.17, 15) is 39.6 Å². The minimum Gasteiger partial charge on any atom is -0.489 e. The van der Waals surface area contributed by atoms with Gasteiger partial charge in [-0.25, -0.2) is 24.2 Å². The molecule has 0 fully saturated rings. The molecule has 388 valence electrons. The number of rotatable bonds is 12. The Balaban J connectivity index is 0.00000675. The predicted molar refractivity (Wildman–Crippen MR) is 285 cm³/mol. The Labute approximate surface area is 464 Å². The van der Waals surface area contributed by atoms with Crippen LogP contribution in [0, 0.1) is 0 Å². The zero-order valence-corrected chi connectivity index (χ0v) is 45.5. The summed E-state index contributed by atoms with van der Waals surface area (Å²) >= 11 is 0. The van der Waals surface area contributed by atoms with E-state index in [0.717, 1.165) is 39.6 Å². The van der Waals surface area contributed by atoms with Gasteiger partial charge in [0.05, 0.1) is 45.1 Å². The maximum Gasteiger partial charge on any atom is 2.00 e. The first-order chi connectivity index (χ1) is 38.0. The Hall–Kier alpha value is -10.3. The van der Waals surface area contributed by atoms with Crippen LogP contribution in [-0.2, 0) is 38.1 Å². The SMILES string of the molecule is CC(C)(C)c1ccc2c3nc4nc(nc5[n-]c(n[n+]6nc(nc([n-]3)c2c1)-c1ccccc1-6)c1cc(Oc2cc(COc3cc(C(=O)O)cc(C(=O)O)c3)cc(COc3cc(C(=O)O)cc(C(=O)O)c3)c2)ccc51)-c1ccccc1-4.[Zn+2]. The van der Waals surface area contributed by atoms with Gasteiger partial charge in [0.2, 0.25) is 0 Å². The van der Waals surface area contributed by atoms with Gasteiger partial charge in [0.15, 0.2) is 5.82 Å². The van der Waals surface area contributed by atoms with E-state index in [1.165, 1.54) is 29.1 Å². The molecule has 21 heteroatoms. The van der Waals surface area contributed by atoms with Crippen molar-refractivity contribution >= 4 is 68.0 Å². The molecule has 4 N–H and O–H groups in total. The number of ether oxygens (including phenoxy) is 3. The van der Waals surface area contributed by atoms with Crippen molar-refractivity contribution in [2.24, 2.45) is 0 Å². The van der Waals surface area contributed by atoms with Gasteiger partial charge in [-0.3, -0.25) is 0 Å². The maximum absolute atomic E-state index is 11.9. The van der Waals surface area contributed by atoms with Gasteiger partial charge >= 0.3 is 43.4 Å². The van der Waals surface area contributed by atoms with Gasteiger partial charge in [-0.05, 0) is 123 Å². The molecule has 0 saturated heterocycles. The molecule has 8 bridgehead atoms. The molecular formula is C59H40N9O11Zn+. The molecule has 7 aromatic carbocycles. The molecule has 0 aliphatic carbocycles. The number of aromatic carboxylic acids is 4. The van der Waals surface area contributed by atoms with E-state index in [4.69, 9.17) is 54.3 Å². The van der Waals surface area contributed by atoms with Crippen LogP contribution in [-0.4, -0.2) is 74.4 Å². The molecule has 2 aliphatic rings. The van der Waals surface area contributed by atoms with Gasteiger partial charge in [-0.2, -0.15) is 0 Å². The molecule has 0 saturated carbocycles. The number of para-hydroxylation sites is 1. The van der Waals surface area contributed by atoms with Crippen molar-refractivity contribution in [2.75, 3.05) is 0 Å². The summed E-state index contributed by atoms with van der Waals surface area (Å²) in [4.78, 5) is 79.3. The van der Waals surface area contributed by atoms with Crippen LogP contribution in [0.3, 0.4) is 0 Å². The van der Waals surface area contributed by atoms with Crippen LogP contribution in [0.5, 0.6) is 23.0 Å². The summed E-state index contributed by atoms with van der Waals surface area (Å²) in [6.45, 7) is 6.00. The van der Waals surface area contributed by atoms with Crippen molar-refractivity contribution in [1.82, 2.24) is 40.1 Å². The van der Waals surface area contributed by atoms with Gasteiger partial charge in [0.1, 0.15) is 36.2 Å². The number of benzene rings is 7. The van der Waals surface area contributed by atoms with Gasteiger partial charge in [0.25, 0.3) is 5.69 Å². The second-order valence-electron chi connectivity index (χ2n) is 19.6. The number of hydrogen-bond acceptors (Lipinski definition) is 13. The number of fused-ring (bicyclic) bond motifs is 20. The van der Waals surface area contributed by atoms with Crippen molar-refractivity contribution in [2.45, 2.75) is 39.4 Å². The summed E-state index contributed by atoms with van der Waals surface area (Å²) in [5.74, 6) is -3.78. The smallest absolute Gasteiger partial charge is 0.489 e. The average molecular weight is 1120 g/mol. The molecular weight excluding hydrogens is 1080 g/mol. The third-order valence-corrected chi connectivity index (χ3v) is 13.1. The Morgan fingerprint density at radius 2 is 0.938 bits per heavy atom. The maximum atomic E-state index is 11.9. The second-order valence-corrected chi connectivity index (χ2v) is 19.6. The number of nitrogens with zero attached hydrogens (tertiary/aromatic N) is 9. The zero-order chi connectivity index (χ0) is 54.9. The van der Waals surface area contributed by atoms with E-state index in [-0.39, 0.29) is 83.3 Å². The zero-order valence-electron chi connectivity index (χ0n) is 42.6. The fourth-order valence-electron chi connectivity index (χ4n) is 9.26. The van der Waals surface area contributed by atoms with Crippen LogP contribution < -0.4 is 29.0 Å². The molecule has 20 nitrogen and oxygen atoms in total. The fraction of sp³-hybridized carbons (Fsp3) is 0.102. The van der Waals surface area contributed by atoms with E-state index in [1.54, 1.807) is 36.4 Å². The van der Waals surface area contributed by atoms with Crippen LogP contribution in [0.25, 0.3) is 84.0 Å². The summed E-state index contributed by atoms with van der Waals surface area (Å²) in [7, 11) is 0. The molecule has 0 unspecified atom stereocenters. The monoisotopic (exact) mass is 1110 g/mol. The molecule has 3 aromatic heterocycles. The minimum absolute atomic E-state index is 0. The normalized spacial score (nSPS) is 11.6. The standard InChI is InChI=1S/C59H41N9O11.Zn/c1-59(2,3)35-12-14-42-45(25-35)52-63-50(42)61-48-40-8-4-5-9-41(40)49(60-48)62-51-43-15-13-36(26-46(43)54(64-51)67-68-47-11-7-6-10-44(47)53(65-52)66-68)79-39-17-29(27-77-37-21-31(55(69)70)19-32(22-37)56(71)72)16-30(18-39)28-78-38-23-33(57(73)74)20-34(24-38)58(75)76;/h4-26H,27-28H2,1-3H3,(H5,60,61,62,63,64,65,66,67,69,70,71,72,73,74,75,76);/q;+2/p-1. The first-order valence-electron chi connectivity index (χ1n) is 24.4. The molecule has 10 aromatic rings. The number of aromatic nitrogens is 9. The molecule has 0 spiro atoms. The van der Waals surface area contributed by atoms with Crippen molar-refractivity contribution in [3.63, 3.8) is 0 Å². The van der Waals surface area contributed by atoms with Crippen molar-refractivity contribution in [3.8, 4) is 62.8 Å². The number of hydrogen-bond donors (Lipinski definition) is 4. The van der Waals surface area contributed by atoms with E-state index in [0.29, 0.717) is 73.3 Å². The molecule has 12 rings (SSSR count). The van der Waals surface area contributed by atoms with Crippen LogP contribution in [0.4, 0.5) is 0 Å². The van der Waals surface area contributed by atoms with Crippen LogP contribution in [0.1, 0.15) is 78.9 Å². The molecule has 5 heterocycles. The molecule has 80 heavy (non-hydrogen) atoms. The summed E-state index contributed by atoms with van der Waals surface area (Å²) in [6, 6.07) is 38.4. The second kappa shape index (κ2) is 20.3. The quantitative estimate of drug-likeness (QED) is 0.0653. The van der Waals surface area contributed by atoms with Crippen molar-refractivity contribution in [3.05, 3.63) is 178 Å². The van der Waals surface area contributed by atoms with Gasteiger partial charge in [-0.1, -0.05) is 74.4 Å².